The van der Waals surface area contributed by atoms with Crippen molar-refractivity contribution in [1.29, 1.82) is 0 Å². The highest BCUT2D eigenvalue weighted by molar-refractivity contribution is 6.03. The van der Waals surface area contributed by atoms with Crippen LogP contribution in [0.4, 0.5) is 11.6 Å². The van der Waals surface area contributed by atoms with E-state index in [0.717, 1.165) is 17.0 Å². The Labute approximate surface area is 111 Å². The number of carbonyl (C=O) groups is 1. The van der Waals surface area contributed by atoms with Gasteiger partial charge in [-0.15, -0.1) is 5.10 Å². The van der Waals surface area contributed by atoms with E-state index in [1.807, 2.05) is 20.8 Å². The lowest BCUT2D eigenvalue weighted by Crippen LogP contribution is -2.16. The predicted octanol–water partition coefficient (Wildman–Crippen LogP) is 1.63. The van der Waals surface area contributed by atoms with Crippen LogP contribution in [0.2, 0.25) is 0 Å². The molecule has 0 saturated heterocycles. The van der Waals surface area contributed by atoms with Gasteiger partial charge in [-0.05, 0) is 38.5 Å². The summed E-state index contributed by atoms with van der Waals surface area (Å²) in [5.41, 5.74) is 9.21. The second kappa shape index (κ2) is 5.01. The molecule has 3 N–H and O–H groups in total. The summed E-state index contributed by atoms with van der Waals surface area (Å²) in [4.78, 5) is 16.1. The highest BCUT2D eigenvalue weighted by atomic mass is 16.1. The molecule has 2 rings (SSSR count). The molecule has 1 aromatic carbocycles. The van der Waals surface area contributed by atoms with E-state index in [9.17, 15) is 4.79 Å². The first kappa shape index (κ1) is 12.9. The van der Waals surface area contributed by atoms with Crippen molar-refractivity contribution < 1.29 is 4.79 Å². The zero-order valence-corrected chi connectivity index (χ0v) is 11.1. The van der Waals surface area contributed by atoms with Gasteiger partial charge >= 0.3 is 0 Å². The Morgan fingerprint density at radius 2 is 1.89 bits per heavy atom. The first-order chi connectivity index (χ1) is 8.97. The maximum atomic E-state index is 12.0. The summed E-state index contributed by atoms with van der Waals surface area (Å²) in [5, 5.41) is 10.3. The summed E-state index contributed by atoms with van der Waals surface area (Å²) >= 11 is 0. The number of aryl methyl sites for hydroxylation is 3. The molecule has 0 atom stereocenters. The number of nitrogens with two attached hydrogens (primary N) is 1. The van der Waals surface area contributed by atoms with E-state index in [4.69, 9.17) is 5.73 Å². The fraction of sp³-hybridized carbons (Fsp3) is 0.231. The van der Waals surface area contributed by atoms with Crippen molar-refractivity contribution in [3.63, 3.8) is 0 Å². The SMILES string of the molecule is Cc1ccc(C(=O)Nc2nnc(C)c(C)n2)cc1N. The molecule has 0 fully saturated rings. The van der Waals surface area contributed by atoms with Gasteiger partial charge in [0.25, 0.3) is 5.91 Å². The van der Waals surface area contributed by atoms with Crippen LogP contribution in [0.3, 0.4) is 0 Å². The summed E-state index contributed by atoms with van der Waals surface area (Å²) in [6.45, 7) is 5.50. The number of rotatable bonds is 2. The number of nitrogens with one attached hydrogen (secondary N) is 1. The number of hydrogen-bond acceptors (Lipinski definition) is 5. The minimum absolute atomic E-state index is 0.187. The van der Waals surface area contributed by atoms with E-state index >= 15 is 0 Å². The first-order valence-electron chi connectivity index (χ1n) is 5.83. The van der Waals surface area contributed by atoms with Crippen molar-refractivity contribution in [2.75, 3.05) is 11.1 Å². The van der Waals surface area contributed by atoms with Crippen LogP contribution in [0.1, 0.15) is 27.3 Å². The van der Waals surface area contributed by atoms with E-state index < -0.39 is 0 Å². The lowest BCUT2D eigenvalue weighted by atomic mass is 10.1. The van der Waals surface area contributed by atoms with E-state index in [-0.39, 0.29) is 11.9 Å². The minimum Gasteiger partial charge on any atom is -0.398 e. The number of nitrogen functional groups attached to an aromatic ring is 1. The Morgan fingerprint density at radius 3 is 2.53 bits per heavy atom. The van der Waals surface area contributed by atoms with Crippen molar-refractivity contribution >= 4 is 17.5 Å². The Morgan fingerprint density at radius 1 is 1.16 bits per heavy atom. The van der Waals surface area contributed by atoms with Crippen LogP contribution in [-0.4, -0.2) is 21.1 Å². The number of anilines is 2. The average molecular weight is 257 g/mol. The van der Waals surface area contributed by atoms with Gasteiger partial charge in [-0.25, -0.2) is 4.98 Å². The molecule has 6 nitrogen and oxygen atoms in total. The maximum absolute atomic E-state index is 12.0. The average Bonchev–Trinajstić information content (AvgIpc) is 2.37. The second-order valence-corrected chi connectivity index (χ2v) is 4.33. The molecule has 1 amide bonds. The van der Waals surface area contributed by atoms with Crippen LogP contribution in [0.15, 0.2) is 18.2 Å². The van der Waals surface area contributed by atoms with Gasteiger partial charge in [0.15, 0.2) is 0 Å². The van der Waals surface area contributed by atoms with Gasteiger partial charge in [0.05, 0.1) is 11.4 Å². The number of hydrogen-bond donors (Lipinski definition) is 2. The smallest absolute Gasteiger partial charge is 0.258 e. The molecule has 0 radical (unpaired) electrons. The molecule has 2 aromatic rings. The zero-order valence-electron chi connectivity index (χ0n) is 11.1. The third kappa shape index (κ3) is 2.85. The first-order valence-corrected chi connectivity index (χ1v) is 5.83. The third-order valence-corrected chi connectivity index (χ3v) is 2.86. The Bertz CT molecular complexity index is 639. The summed E-state index contributed by atoms with van der Waals surface area (Å²) in [6.07, 6.45) is 0. The number of amides is 1. The molecule has 0 unspecified atom stereocenters. The molecule has 1 heterocycles. The summed E-state index contributed by atoms with van der Waals surface area (Å²) in [7, 11) is 0. The molecule has 0 aliphatic rings. The molecule has 0 bridgehead atoms. The Hall–Kier alpha value is -2.50. The van der Waals surface area contributed by atoms with E-state index in [0.29, 0.717) is 11.3 Å². The Kier molecular flexibility index (Phi) is 3.41. The predicted molar refractivity (Wildman–Crippen MR) is 72.8 cm³/mol. The highest BCUT2D eigenvalue weighted by Gasteiger charge is 2.10. The van der Waals surface area contributed by atoms with Crippen molar-refractivity contribution in [2.45, 2.75) is 20.8 Å². The van der Waals surface area contributed by atoms with E-state index in [1.165, 1.54) is 0 Å². The largest absolute Gasteiger partial charge is 0.398 e. The van der Waals surface area contributed by atoms with Crippen LogP contribution >= 0.6 is 0 Å². The number of carbonyl (C=O) groups excluding carboxylic acids is 1. The van der Waals surface area contributed by atoms with Crippen LogP contribution in [0.25, 0.3) is 0 Å². The molecule has 0 aliphatic heterocycles. The van der Waals surface area contributed by atoms with Crippen molar-refractivity contribution in [2.24, 2.45) is 0 Å². The van der Waals surface area contributed by atoms with Crippen LogP contribution < -0.4 is 11.1 Å². The quantitative estimate of drug-likeness (QED) is 0.797. The summed E-state index contributed by atoms with van der Waals surface area (Å²) in [5.74, 6) is -0.121. The topological polar surface area (TPSA) is 93.8 Å². The van der Waals surface area contributed by atoms with Crippen LogP contribution in [0.5, 0.6) is 0 Å². The van der Waals surface area contributed by atoms with Gasteiger partial charge in [0, 0.05) is 11.3 Å². The molecular formula is C13H15N5O. The molecular weight excluding hydrogens is 242 g/mol. The summed E-state index contributed by atoms with van der Waals surface area (Å²) in [6, 6.07) is 5.12. The van der Waals surface area contributed by atoms with E-state index in [1.54, 1.807) is 18.2 Å². The normalized spacial score (nSPS) is 10.3. The lowest BCUT2D eigenvalue weighted by Gasteiger charge is -2.06. The van der Waals surface area contributed by atoms with Crippen LogP contribution in [0, 0.1) is 20.8 Å². The molecule has 6 heteroatoms. The zero-order chi connectivity index (χ0) is 14.0. The number of benzene rings is 1. The highest BCUT2D eigenvalue weighted by Crippen LogP contribution is 2.14. The second-order valence-electron chi connectivity index (χ2n) is 4.33. The minimum atomic E-state index is -0.309. The van der Waals surface area contributed by atoms with Crippen molar-refractivity contribution in [3.8, 4) is 0 Å². The molecule has 98 valence electrons. The molecule has 19 heavy (non-hydrogen) atoms. The molecule has 0 aliphatic carbocycles. The maximum Gasteiger partial charge on any atom is 0.258 e. The van der Waals surface area contributed by atoms with Crippen molar-refractivity contribution in [3.05, 3.63) is 40.7 Å². The lowest BCUT2D eigenvalue weighted by molar-refractivity contribution is 0.102. The van der Waals surface area contributed by atoms with Gasteiger partial charge in [0.2, 0.25) is 5.95 Å². The monoisotopic (exact) mass is 257 g/mol. The van der Waals surface area contributed by atoms with Gasteiger partial charge in [-0.3, -0.25) is 10.1 Å². The molecule has 1 aromatic heterocycles. The van der Waals surface area contributed by atoms with E-state index in [2.05, 4.69) is 20.5 Å². The van der Waals surface area contributed by atoms with Gasteiger partial charge in [-0.2, -0.15) is 5.10 Å². The molecule has 0 spiro atoms. The van der Waals surface area contributed by atoms with Gasteiger partial charge < -0.3 is 5.73 Å². The van der Waals surface area contributed by atoms with Gasteiger partial charge in [0.1, 0.15) is 0 Å². The van der Waals surface area contributed by atoms with Crippen LogP contribution in [-0.2, 0) is 0 Å². The van der Waals surface area contributed by atoms with Gasteiger partial charge in [-0.1, -0.05) is 6.07 Å². The van der Waals surface area contributed by atoms with Crippen molar-refractivity contribution in [1.82, 2.24) is 15.2 Å². The Balaban J connectivity index is 2.20. The third-order valence-electron chi connectivity index (χ3n) is 2.86. The number of aromatic nitrogens is 3. The standard InChI is InChI=1S/C13H15N5O/c1-7-4-5-10(6-11(7)14)12(19)16-13-15-8(2)9(3)17-18-13/h4-6H,14H2,1-3H3,(H,15,16,18,19). The fourth-order valence-corrected chi connectivity index (χ4v) is 1.47. The molecule has 0 saturated carbocycles. The summed E-state index contributed by atoms with van der Waals surface area (Å²) < 4.78 is 0. The number of nitrogens with zero attached hydrogens (tertiary/aromatic N) is 3. The fourth-order valence-electron chi connectivity index (χ4n) is 1.47.